The van der Waals surface area contributed by atoms with Gasteiger partial charge in [0.25, 0.3) is 7.82 Å². The Hall–Kier alpha value is -2.03. The standard InChI is InChI=1S/C54H100NO8P/c1-6-8-10-12-14-16-18-20-22-24-25-26-27-28-29-31-32-34-36-38-40-42-44-46-53(56)60-50-52(51-62-64(58,59)61-49-48-55(3,4)5)63-54(57)47-45-43-41-39-37-35-33-30-23-21-19-17-15-13-11-9-7-2/h21,23,33,35,38-41,52H,6-20,22,24-32,34,36-37,42-51H2,1-5H3/b23-21+,35-33+,40-38+,41-39+/t52-/m0/s1. The van der Waals surface area contributed by atoms with Crippen LogP contribution in [-0.2, 0) is 32.7 Å². The molecule has 0 aliphatic heterocycles. The predicted octanol–water partition coefficient (Wildman–Crippen LogP) is 15.2. The van der Waals surface area contributed by atoms with Crippen molar-refractivity contribution >= 4 is 19.8 Å². The van der Waals surface area contributed by atoms with Gasteiger partial charge in [0.1, 0.15) is 19.8 Å². The second kappa shape index (κ2) is 46.1. The maximum Gasteiger partial charge on any atom is 0.306 e. The number of carbonyl (C=O) groups excluding carboxylic acids is 2. The zero-order chi connectivity index (χ0) is 47.1. The van der Waals surface area contributed by atoms with Crippen molar-refractivity contribution in [1.29, 1.82) is 0 Å². The van der Waals surface area contributed by atoms with Gasteiger partial charge in [-0.2, -0.15) is 0 Å². The van der Waals surface area contributed by atoms with Crippen molar-refractivity contribution in [2.75, 3.05) is 47.5 Å². The quantitative estimate of drug-likeness (QED) is 0.0195. The molecule has 0 N–H and O–H groups in total. The number of likely N-dealkylation sites (N-methyl/N-ethyl adjacent to an activating group) is 1. The van der Waals surface area contributed by atoms with Gasteiger partial charge in [-0.3, -0.25) is 14.2 Å². The van der Waals surface area contributed by atoms with Crippen LogP contribution < -0.4 is 4.89 Å². The van der Waals surface area contributed by atoms with Gasteiger partial charge in [0, 0.05) is 12.8 Å². The third-order valence-corrected chi connectivity index (χ3v) is 12.3. The summed E-state index contributed by atoms with van der Waals surface area (Å²) in [5, 5.41) is 0. The van der Waals surface area contributed by atoms with E-state index in [0.29, 0.717) is 30.3 Å². The Morgan fingerprint density at radius 2 is 0.844 bits per heavy atom. The molecule has 0 bridgehead atoms. The molecule has 0 heterocycles. The highest BCUT2D eigenvalue weighted by Crippen LogP contribution is 2.38. The number of hydrogen-bond acceptors (Lipinski definition) is 8. The number of rotatable bonds is 48. The highest BCUT2D eigenvalue weighted by atomic mass is 31.2. The molecule has 2 atom stereocenters. The Labute approximate surface area is 394 Å². The van der Waals surface area contributed by atoms with Crippen LogP contribution in [0, 0.1) is 0 Å². The fourth-order valence-corrected chi connectivity index (χ4v) is 7.93. The molecule has 0 spiro atoms. The first-order valence-corrected chi connectivity index (χ1v) is 27.8. The number of hydrogen-bond donors (Lipinski definition) is 0. The van der Waals surface area contributed by atoms with E-state index in [1.165, 1.54) is 154 Å². The van der Waals surface area contributed by atoms with E-state index in [9.17, 15) is 19.0 Å². The van der Waals surface area contributed by atoms with Crippen molar-refractivity contribution in [2.45, 2.75) is 238 Å². The van der Waals surface area contributed by atoms with E-state index in [1.54, 1.807) is 0 Å². The number of unbranched alkanes of at least 4 members (excludes halogenated alkanes) is 26. The van der Waals surface area contributed by atoms with Crippen molar-refractivity contribution in [2.24, 2.45) is 0 Å². The Kier molecular flexibility index (Phi) is 44.6. The number of allylic oxidation sites excluding steroid dienone is 8. The Morgan fingerprint density at radius 1 is 0.484 bits per heavy atom. The molecule has 0 saturated heterocycles. The van der Waals surface area contributed by atoms with Crippen LogP contribution in [-0.4, -0.2) is 70.0 Å². The largest absolute Gasteiger partial charge is 0.756 e. The normalized spacial score (nSPS) is 13.8. The molecule has 0 amide bonds. The Balaban J connectivity index is 4.29. The van der Waals surface area contributed by atoms with Gasteiger partial charge in [-0.1, -0.05) is 204 Å². The summed E-state index contributed by atoms with van der Waals surface area (Å²) in [6.45, 7) is 4.16. The van der Waals surface area contributed by atoms with Crippen molar-refractivity contribution < 1.29 is 42.1 Å². The number of phosphoric acid groups is 1. The van der Waals surface area contributed by atoms with E-state index in [0.717, 1.165) is 32.1 Å². The molecule has 1 unspecified atom stereocenters. The van der Waals surface area contributed by atoms with Crippen molar-refractivity contribution in [1.82, 2.24) is 0 Å². The van der Waals surface area contributed by atoms with Gasteiger partial charge < -0.3 is 27.9 Å². The van der Waals surface area contributed by atoms with E-state index in [4.69, 9.17) is 18.5 Å². The van der Waals surface area contributed by atoms with Gasteiger partial charge >= 0.3 is 11.9 Å². The summed E-state index contributed by atoms with van der Waals surface area (Å²) in [7, 11) is 1.12. The van der Waals surface area contributed by atoms with Gasteiger partial charge in [-0.05, 0) is 64.2 Å². The van der Waals surface area contributed by atoms with E-state index in [-0.39, 0.29) is 26.1 Å². The maximum atomic E-state index is 12.7. The summed E-state index contributed by atoms with van der Waals surface area (Å²) in [4.78, 5) is 37.7. The van der Waals surface area contributed by atoms with Crippen LogP contribution in [0.15, 0.2) is 48.6 Å². The summed E-state index contributed by atoms with van der Waals surface area (Å²) >= 11 is 0. The fraction of sp³-hybridized carbons (Fsp3) is 0.815. The van der Waals surface area contributed by atoms with Crippen LogP contribution in [0.5, 0.6) is 0 Å². The van der Waals surface area contributed by atoms with Crippen molar-refractivity contribution in [3.63, 3.8) is 0 Å². The number of quaternary nitrogens is 1. The van der Waals surface area contributed by atoms with E-state index >= 15 is 0 Å². The highest BCUT2D eigenvalue weighted by Gasteiger charge is 2.21. The van der Waals surface area contributed by atoms with Gasteiger partial charge in [-0.25, -0.2) is 0 Å². The molecule has 10 heteroatoms. The SMILES string of the molecule is CCCCCCCC/C=C/C/C=C/C/C=C/CCCC(=O)O[C@@H](COC(=O)CCC/C=C/CCCCCCCCCCCCCCCCCCCC)COP(=O)([O-])OCC[N+](C)(C)C. The van der Waals surface area contributed by atoms with Gasteiger partial charge in [0.2, 0.25) is 0 Å². The molecule has 0 saturated carbocycles. The molecule has 0 radical (unpaired) electrons. The summed E-state index contributed by atoms with van der Waals surface area (Å²) < 4.78 is 33.9. The third-order valence-electron chi connectivity index (χ3n) is 11.3. The monoisotopic (exact) mass is 922 g/mol. The van der Waals surface area contributed by atoms with Crippen LogP contribution in [0.3, 0.4) is 0 Å². The first kappa shape index (κ1) is 62.0. The average molecular weight is 922 g/mol. The predicted molar refractivity (Wildman–Crippen MR) is 268 cm³/mol. The second-order valence-corrected chi connectivity index (χ2v) is 20.3. The lowest BCUT2D eigenvalue weighted by molar-refractivity contribution is -0.870. The van der Waals surface area contributed by atoms with Crippen molar-refractivity contribution in [3.05, 3.63) is 48.6 Å². The number of nitrogens with zero attached hydrogens (tertiary/aromatic N) is 1. The first-order chi connectivity index (χ1) is 31.0. The summed E-state index contributed by atoms with van der Waals surface area (Å²) in [6, 6.07) is 0. The average Bonchev–Trinajstić information content (AvgIpc) is 3.25. The minimum Gasteiger partial charge on any atom is -0.756 e. The van der Waals surface area contributed by atoms with Gasteiger partial charge in [0.15, 0.2) is 6.10 Å². The molecule has 64 heavy (non-hydrogen) atoms. The van der Waals surface area contributed by atoms with Crippen LogP contribution in [0.2, 0.25) is 0 Å². The smallest absolute Gasteiger partial charge is 0.306 e. The third kappa shape index (κ3) is 49.4. The summed E-state index contributed by atoms with van der Waals surface area (Å²) in [6.07, 6.45) is 56.0. The zero-order valence-corrected chi connectivity index (χ0v) is 43.1. The zero-order valence-electron chi connectivity index (χ0n) is 42.2. The topological polar surface area (TPSA) is 111 Å². The Bertz CT molecular complexity index is 1230. The second-order valence-electron chi connectivity index (χ2n) is 18.9. The molecule has 0 aromatic carbocycles. The summed E-state index contributed by atoms with van der Waals surface area (Å²) in [5.74, 6) is -0.928. The lowest BCUT2D eigenvalue weighted by Gasteiger charge is -2.28. The molecule has 0 aliphatic carbocycles. The van der Waals surface area contributed by atoms with Crippen LogP contribution in [0.25, 0.3) is 0 Å². The number of phosphoric ester groups is 1. The summed E-state index contributed by atoms with van der Waals surface area (Å²) in [5.41, 5.74) is 0. The molecule has 0 rings (SSSR count). The molecule has 9 nitrogen and oxygen atoms in total. The number of esters is 2. The minimum absolute atomic E-state index is 0.0443. The number of carbonyl (C=O) groups is 2. The van der Waals surface area contributed by atoms with Crippen LogP contribution >= 0.6 is 7.82 Å². The molecular formula is C54H100NO8P. The van der Waals surface area contributed by atoms with Crippen LogP contribution in [0.4, 0.5) is 0 Å². The molecule has 0 fully saturated rings. The molecule has 0 aromatic heterocycles. The van der Waals surface area contributed by atoms with Gasteiger partial charge in [0.05, 0.1) is 27.7 Å². The molecule has 0 aromatic rings. The maximum absolute atomic E-state index is 12.7. The molecular weight excluding hydrogens is 822 g/mol. The fourth-order valence-electron chi connectivity index (χ4n) is 7.21. The lowest BCUT2D eigenvalue weighted by Crippen LogP contribution is -2.37. The molecule has 374 valence electrons. The first-order valence-electron chi connectivity index (χ1n) is 26.3. The molecule has 0 aliphatic rings. The van der Waals surface area contributed by atoms with Gasteiger partial charge in [-0.15, -0.1) is 0 Å². The Morgan fingerprint density at radius 3 is 1.27 bits per heavy atom. The van der Waals surface area contributed by atoms with E-state index < -0.39 is 32.5 Å². The lowest BCUT2D eigenvalue weighted by atomic mass is 10.0. The highest BCUT2D eigenvalue weighted by molar-refractivity contribution is 7.45. The van der Waals surface area contributed by atoms with E-state index in [2.05, 4.69) is 56.4 Å². The number of ether oxygens (including phenoxy) is 2. The van der Waals surface area contributed by atoms with Crippen molar-refractivity contribution in [3.8, 4) is 0 Å². The minimum atomic E-state index is -4.65. The van der Waals surface area contributed by atoms with Crippen LogP contribution in [0.1, 0.15) is 232 Å². The van der Waals surface area contributed by atoms with E-state index in [1.807, 2.05) is 27.2 Å².